The maximum Gasteiger partial charge on any atom is 0.337 e. The number of amides is 5. The lowest BCUT2D eigenvalue weighted by atomic mass is 9.97. The van der Waals surface area contributed by atoms with Crippen molar-refractivity contribution >= 4 is 47.2 Å². The van der Waals surface area contributed by atoms with Crippen LogP contribution in [0.3, 0.4) is 0 Å². The Kier molecular flexibility index (Phi) is 16.7. The van der Waals surface area contributed by atoms with E-state index < -0.39 is 77.7 Å². The van der Waals surface area contributed by atoms with E-state index in [4.69, 9.17) is 5.73 Å². The quantitative estimate of drug-likeness (QED) is 0.0813. The summed E-state index contributed by atoms with van der Waals surface area (Å²) in [6.45, 7) is 6.73. The van der Waals surface area contributed by atoms with Crippen molar-refractivity contribution in [1.82, 2.24) is 21.3 Å². The topological polar surface area (TPSA) is 255 Å². The lowest BCUT2D eigenvalue weighted by Crippen LogP contribution is -2.60. The first-order valence-corrected chi connectivity index (χ1v) is 18.0. The third-order valence-corrected chi connectivity index (χ3v) is 8.61. The van der Waals surface area contributed by atoms with Crippen LogP contribution in [0.15, 0.2) is 78.9 Å². The summed E-state index contributed by atoms with van der Waals surface area (Å²) < 4.78 is 4.68. The number of aliphatic hydroxyl groups excluding tert-OH is 1. The van der Waals surface area contributed by atoms with Crippen molar-refractivity contribution in [3.63, 3.8) is 0 Å². The van der Waals surface area contributed by atoms with Crippen LogP contribution in [-0.2, 0) is 30.3 Å². The number of anilines is 1. The zero-order valence-corrected chi connectivity index (χ0v) is 31.9. The first-order chi connectivity index (χ1) is 26.5. The van der Waals surface area contributed by atoms with Gasteiger partial charge < -0.3 is 47.3 Å². The fraction of sp³-hybridized carbons (Fsp3) is 0.375. The lowest BCUT2D eigenvalue weighted by molar-refractivity contribution is -0.134. The molecule has 0 bridgehead atoms. The molecule has 3 aromatic carbocycles. The molecule has 0 heterocycles. The standard InChI is InChI=1S/C40H50N6O10/c1-22(2)17-31(36(50)44-30(18-24-11-7-6-8-12-24)33(47)38(52)43-28-16-10-14-26(20-28)39(53)54)45-37(51)32(23(3)4)46-35(49)29(41)21-42-34(48)25-13-9-15-27(19-25)40(55)56-5/h6-16,19-20,22-23,29-33,47H,17-18,21,41H2,1-5H3,(H,42,48)(H,43,52)(H,44,50)(H,45,51)(H,46,49)(H,53,54)/t29-,30-,31-,32-,33+/m0/s1. The van der Waals surface area contributed by atoms with E-state index in [0.29, 0.717) is 5.56 Å². The van der Waals surface area contributed by atoms with Gasteiger partial charge in [0, 0.05) is 17.8 Å². The largest absolute Gasteiger partial charge is 0.478 e. The fourth-order valence-electron chi connectivity index (χ4n) is 5.58. The van der Waals surface area contributed by atoms with Crippen LogP contribution < -0.4 is 32.3 Å². The summed E-state index contributed by atoms with van der Waals surface area (Å²) in [5, 5.41) is 33.6. The Morgan fingerprint density at radius 3 is 2.00 bits per heavy atom. The molecule has 56 heavy (non-hydrogen) atoms. The summed E-state index contributed by atoms with van der Waals surface area (Å²) in [4.78, 5) is 89.9. The van der Waals surface area contributed by atoms with Crippen molar-refractivity contribution in [1.29, 1.82) is 0 Å². The second-order valence-electron chi connectivity index (χ2n) is 13.9. The number of methoxy groups -OCH3 is 1. The molecule has 3 rings (SSSR count). The van der Waals surface area contributed by atoms with Crippen LogP contribution >= 0.6 is 0 Å². The Balaban J connectivity index is 1.73. The van der Waals surface area contributed by atoms with E-state index in [0.717, 1.165) is 0 Å². The summed E-state index contributed by atoms with van der Waals surface area (Å²) in [5.74, 6) is -6.05. The molecule has 0 aliphatic heterocycles. The van der Waals surface area contributed by atoms with Gasteiger partial charge in [0.15, 0.2) is 6.10 Å². The number of carbonyl (C=O) groups excluding carboxylic acids is 6. The van der Waals surface area contributed by atoms with Crippen molar-refractivity contribution in [2.75, 3.05) is 19.0 Å². The van der Waals surface area contributed by atoms with Gasteiger partial charge >= 0.3 is 11.9 Å². The Morgan fingerprint density at radius 1 is 0.732 bits per heavy atom. The number of nitrogens with two attached hydrogens (primary N) is 1. The molecule has 0 aromatic heterocycles. The molecular formula is C40H50N6O10. The summed E-state index contributed by atoms with van der Waals surface area (Å²) in [7, 11) is 1.21. The van der Waals surface area contributed by atoms with E-state index in [1.807, 2.05) is 13.8 Å². The van der Waals surface area contributed by atoms with E-state index in [2.05, 4.69) is 31.3 Å². The average Bonchev–Trinajstić information content (AvgIpc) is 3.17. The van der Waals surface area contributed by atoms with Crippen molar-refractivity contribution in [2.45, 2.75) is 70.8 Å². The molecule has 0 aliphatic rings. The second-order valence-corrected chi connectivity index (χ2v) is 13.9. The molecule has 0 spiro atoms. The van der Waals surface area contributed by atoms with Crippen molar-refractivity contribution in [3.05, 3.63) is 101 Å². The van der Waals surface area contributed by atoms with Gasteiger partial charge in [-0.2, -0.15) is 0 Å². The zero-order valence-electron chi connectivity index (χ0n) is 31.9. The van der Waals surface area contributed by atoms with E-state index in [1.54, 1.807) is 44.2 Å². The normalized spacial score (nSPS) is 13.7. The molecule has 0 fully saturated rings. The second kappa shape index (κ2) is 21.1. The highest BCUT2D eigenvalue weighted by Crippen LogP contribution is 2.15. The molecule has 0 aliphatic carbocycles. The van der Waals surface area contributed by atoms with Crippen LogP contribution in [0.25, 0.3) is 0 Å². The maximum atomic E-state index is 13.9. The van der Waals surface area contributed by atoms with E-state index in [-0.39, 0.29) is 47.7 Å². The van der Waals surface area contributed by atoms with Gasteiger partial charge in [0.1, 0.15) is 18.1 Å². The minimum Gasteiger partial charge on any atom is -0.478 e. The van der Waals surface area contributed by atoms with Crippen LogP contribution in [0.5, 0.6) is 0 Å². The van der Waals surface area contributed by atoms with Gasteiger partial charge in [0.2, 0.25) is 17.7 Å². The Labute approximate surface area is 324 Å². The molecule has 0 saturated carbocycles. The van der Waals surface area contributed by atoms with Gasteiger partial charge in [-0.05, 0) is 66.6 Å². The van der Waals surface area contributed by atoms with Gasteiger partial charge in [0.05, 0.1) is 24.3 Å². The van der Waals surface area contributed by atoms with Gasteiger partial charge in [-0.3, -0.25) is 24.0 Å². The molecule has 3 aromatic rings. The van der Waals surface area contributed by atoms with Gasteiger partial charge in [-0.25, -0.2) is 9.59 Å². The molecule has 5 atom stereocenters. The van der Waals surface area contributed by atoms with Crippen LogP contribution in [-0.4, -0.2) is 95.6 Å². The van der Waals surface area contributed by atoms with Gasteiger partial charge in [-0.15, -0.1) is 0 Å². The number of carboxylic acids is 1. The predicted molar refractivity (Wildman–Crippen MR) is 206 cm³/mol. The highest BCUT2D eigenvalue weighted by atomic mass is 16.5. The van der Waals surface area contributed by atoms with E-state index in [9.17, 15) is 43.8 Å². The SMILES string of the molecule is COC(=O)c1cccc(C(=O)NC[C@H](N)C(=O)N[C@H](C(=O)N[C@@H](CC(C)C)C(=O)N[C@@H](Cc2ccccc2)[C@@H](O)C(=O)Nc2cccc(C(=O)O)c2)C(C)C)c1. The smallest absolute Gasteiger partial charge is 0.337 e. The number of aliphatic hydroxyl groups is 1. The van der Waals surface area contributed by atoms with Gasteiger partial charge in [-0.1, -0.05) is 70.2 Å². The Hall–Kier alpha value is -6.13. The summed E-state index contributed by atoms with van der Waals surface area (Å²) in [5.41, 5.74) is 7.09. The van der Waals surface area contributed by atoms with Gasteiger partial charge in [0.25, 0.3) is 11.8 Å². The third-order valence-electron chi connectivity index (χ3n) is 8.61. The number of carbonyl (C=O) groups is 7. The number of esters is 1. The number of aromatic carboxylic acids is 1. The minimum absolute atomic E-state index is 0.0223. The summed E-state index contributed by atoms with van der Waals surface area (Å²) >= 11 is 0. The summed E-state index contributed by atoms with van der Waals surface area (Å²) in [6, 6.07) is 15.3. The van der Waals surface area contributed by atoms with Crippen LogP contribution in [0.4, 0.5) is 5.69 Å². The fourth-order valence-corrected chi connectivity index (χ4v) is 5.58. The number of hydrogen-bond donors (Lipinski definition) is 8. The van der Waals surface area contributed by atoms with Crippen LogP contribution in [0.2, 0.25) is 0 Å². The molecule has 0 saturated heterocycles. The number of rotatable bonds is 19. The highest BCUT2D eigenvalue weighted by Gasteiger charge is 2.34. The first kappa shape index (κ1) is 44.3. The maximum absolute atomic E-state index is 13.9. The number of hydrogen-bond acceptors (Lipinski definition) is 10. The number of benzene rings is 3. The first-order valence-electron chi connectivity index (χ1n) is 18.0. The van der Waals surface area contributed by atoms with Crippen molar-refractivity contribution in [3.8, 4) is 0 Å². The predicted octanol–water partition coefficient (Wildman–Crippen LogP) is 1.63. The Morgan fingerprint density at radius 2 is 1.38 bits per heavy atom. The van der Waals surface area contributed by atoms with E-state index >= 15 is 0 Å². The van der Waals surface area contributed by atoms with Crippen molar-refractivity contribution in [2.24, 2.45) is 17.6 Å². The molecular weight excluding hydrogens is 724 g/mol. The molecule has 9 N–H and O–H groups in total. The minimum atomic E-state index is -1.80. The monoisotopic (exact) mass is 774 g/mol. The summed E-state index contributed by atoms with van der Waals surface area (Å²) in [6.07, 6.45) is -1.62. The molecule has 0 unspecified atom stereocenters. The number of nitrogens with one attached hydrogen (secondary N) is 5. The molecule has 0 radical (unpaired) electrons. The zero-order chi connectivity index (χ0) is 41.5. The average molecular weight is 775 g/mol. The van der Waals surface area contributed by atoms with Crippen LogP contribution in [0, 0.1) is 11.8 Å². The molecule has 16 heteroatoms. The molecule has 300 valence electrons. The lowest BCUT2D eigenvalue weighted by Gasteiger charge is -2.29. The number of carboxylic acid groups (broad SMARTS) is 1. The van der Waals surface area contributed by atoms with Crippen LogP contribution in [0.1, 0.15) is 70.8 Å². The highest BCUT2D eigenvalue weighted by molar-refractivity contribution is 5.99. The van der Waals surface area contributed by atoms with E-state index in [1.165, 1.54) is 55.6 Å². The third kappa shape index (κ3) is 13.3. The molecule has 5 amide bonds. The van der Waals surface area contributed by atoms with Crippen molar-refractivity contribution < 1.29 is 48.5 Å². The molecule has 16 nitrogen and oxygen atoms in total. The Bertz CT molecular complexity index is 1870. The number of ether oxygens (including phenoxy) is 1.